The van der Waals surface area contributed by atoms with Crippen molar-refractivity contribution in [3.63, 3.8) is 0 Å². The Morgan fingerprint density at radius 2 is 0.718 bits per heavy atom. The second kappa shape index (κ2) is 60.3. The summed E-state index contributed by atoms with van der Waals surface area (Å²) in [6, 6.07) is -0.909. The Balaban J connectivity index is 4.02. The molecule has 3 unspecified atom stereocenters. The van der Waals surface area contributed by atoms with Gasteiger partial charge in [-0.25, -0.2) is 0 Å². The number of quaternary nitrogens is 1. The number of phosphoric ester groups is 1. The van der Waals surface area contributed by atoms with E-state index in [-0.39, 0.29) is 12.5 Å². The van der Waals surface area contributed by atoms with Gasteiger partial charge in [0.2, 0.25) is 5.91 Å². The van der Waals surface area contributed by atoms with Crippen LogP contribution >= 0.6 is 7.82 Å². The molecular formula is C69H135N2O6P. The predicted molar refractivity (Wildman–Crippen MR) is 339 cm³/mol. The van der Waals surface area contributed by atoms with Gasteiger partial charge in [-0.1, -0.05) is 333 Å². The van der Waals surface area contributed by atoms with Crippen LogP contribution in [0.3, 0.4) is 0 Å². The average molecular weight is 1120 g/mol. The molecule has 0 aromatic heterocycles. The minimum atomic E-state index is -4.61. The number of carbonyl (C=O) groups excluding carboxylic acids is 1. The van der Waals surface area contributed by atoms with E-state index in [1.807, 2.05) is 27.2 Å². The fraction of sp³-hybridized carbons (Fsp3) is 0.899. The minimum absolute atomic E-state index is 0.00719. The lowest BCUT2D eigenvalue weighted by Gasteiger charge is -2.29. The maximum atomic E-state index is 13.0. The summed E-state index contributed by atoms with van der Waals surface area (Å²) in [6.45, 7) is 4.67. The Morgan fingerprint density at radius 1 is 0.436 bits per heavy atom. The molecule has 0 bridgehead atoms. The third-order valence-corrected chi connectivity index (χ3v) is 16.8. The number of unbranched alkanes of at least 4 members (excludes halogenated alkanes) is 47. The molecular weight excluding hydrogens is 984 g/mol. The number of amides is 1. The Bertz CT molecular complexity index is 1360. The Kier molecular flexibility index (Phi) is 59.3. The highest BCUT2D eigenvalue weighted by molar-refractivity contribution is 7.45. The van der Waals surface area contributed by atoms with Crippen molar-refractivity contribution < 1.29 is 32.9 Å². The average Bonchev–Trinajstić information content (AvgIpc) is 3.41. The Labute approximate surface area is 487 Å². The molecule has 462 valence electrons. The molecule has 0 saturated heterocycles. The van der Waals surface area contributed by atoms with E-state index in [0.29, 0.717) is 17.4 Å². The van der Waals surface area contributed by atoms with E-state index in [4.69, 9.17) is 9.05 Å². The number of nitrogens with zero attached hydrogens (tertiary/aromatic N) is 1. The predicted octanol–water partition coefficient (Wildman–Crippen LogP) is 21.0. The van der Waals surface area contributed by atoms with Gasteiger partial charge in [0.15, 0.2) is 0 Å². The summed E-state index contributed by atoms with van der Waals surface area (Å²) in [5.74, 6) is -0.204. The number of hydrogen-bond acceptors (Lipinski definition) is 6. The molecule has 0 spiro atoms. The van der Waals surface area contributed by atoms with Crippen molar-refractivity contribution in [3.8, 4) is 0 Å². The molecule has 78 heavy (non-hydrogen) atoms. The molecule has 1 amide bonds. The summed E-state index contributed by atoms with van der Waals surface area (Å²) in [6.07, 6.45) is 79.9. The molecule has 0 fully saturated rings. The van der Waals surface area contributed by atoms with Crippen LogP contribution in [0, 0.1) is 0 Å². The zero-order valence-corrected chi connectivity index (χ0v) is 53.8. The van der Waals surface area contributed by atoms with Crippen LogP contribution in [-0.2, 0) is 18.4 Å². The van der Waals surface area contributed by atoms with Gasteiger partial charge in [0.05, 0.1) is 39.9 Å². The number of aliphatic hydroxyl groups excluding tert-OH is 1. The van der Waals surface area contributed by atoms with Crippen molar-refractivity contribution in [1.82, 2.24) is 5.32 Å². The summed E-state index contributed by atoms with van der Waals surface area (Å²) in [5.41, 5.74) is 0. The second-order valence-electron chi connectivity index (χ2n) is 24.9. The van der Waals surface area contributed by atoms with E-state index in [1.54, 1.807) is 6.08 Å². The Morgan fingerprint density at radius 3 is 1.04 bits per heavy atom. The van der Waals surface area contributed by atoms with Gasteiger partial charge in [-0.05, 0) is 44.9 Å². The largest absolute Gasteiger partial charge is 0.756 e. The smallest absolute Gasteiger partial charge is 0.268 e. The van der Waals surface area contributed by atoms with Gasteiger partial charge in [-0.15, -0.1) is 0 Å². The van der Waals surface area contributed by atoms with E-state index >= 15 is 0 Å². The Hall–Kier alpha value is -1.28. The number of phosphoric acid groups is 1. The molecule has 3 atom stereocenters. The van der Waals surface area contributed by atoms with Crippen molar-refractivity contribution in [2.24, 2.45) is 0 Å². The quantitative estimate of drug-likeness (QED) is 0.0272. The number of nitrogens with one attached hydrogen (secondary N) is 1. The van der Waals surface area contributed by atoms with Crippen LogP contribution in [-0.4, -0.2) is 68.5 Å². The molecule has 2 N–H and O–H groups in total. The third kappa shape index (κ3) is 62.3. The van der Waals surface area contributed by atoms with Crippen molar-refractivity contribution >= 4 is 13.7 Å². The molecule has 0 saturated carbocycles. The molecule has 9 heteroatoms. The topological polar surface area (TPSA) is 108 Å². The summed E-state index contributed by atoms with van der Waals surface area (Å²) in [7, 11) is 1.25. The molecule has 0 heterocycles. The van der Waals surface area contributed by atoms with E-state index < -0.39 is 26.6 Å². The summed E-state index contributed by atoms with van der Waals surface area (Å²) in [5, 5.41) is 13.9. The van der Waals surface area contributed by atoms with Crippen molar-refractivity contribution in [3.05, 3.63) is 36.5 Å². The van der Waals surface area contributed by atoms with Crippen molar-refractivity contribution in [2.45, 2.75) is 360 Å². The lowest BCUT2D eigenvalue weighted by molar-refractivity contribution is -0.870. The van der Waals surface area contributed by atoms with Gasteiger partial charge in [0, 0.05) is 6.42 Å². The van der Waals surface area contributed by atoms with Crippen LogP contribution in [0.2, 0.25) is 0 Å². The fourth-order valence-corrected chi connectivity index (χ4v) is 11.2. The maximum Gasteiger partial charge on any atom is 0.268 e. The summed E-state index contributed by atoms with van der Waals surface area (Å²) in [4.78, 5) is 25.6. The number of rotatable bonds is 64. The van der Waals surface area contributed by atoms with Gasteiger partial charge in [0.25, 0.3) is 7.82 Å². The van der Waals surface area contributed by atoms with E-state index in [9.17, 15) is 19.4 Å². The zero-order chi connectivity index (χ0) is 57.0. The van der Waals surface area contributed by atoms with Crippen LogP contribution in [0.25, 0.3) is 0 Å². The number of hydrogen-bond donors (Lipinski definition) is 2. The zero-order valence-electron chi connectivity index (χ0n) is 52.9. The molecule has 0 aliphatic carbocycles. The van der Waals surface area contributed by atoms with Gasteiger partial charge in [0.1, 0.15) is 13.2 Å². The number of aliphatic hydroxyl groups is 1. The minimum Gasteiger partial charge on any atom is -0.756 e. The SMILES string of the molecule is CCCCCCCCCCCCC/C=C/CC/C=C/CC/C=C/C(O)C(COP(=O)([O-])OCC[N+](C)(C)C)NC(=O)CCCCCCCCCCCCCCCCCCCCCCCCCCCCCCCCCCCCC. The highest BCUT2D eigenvalue weighted by Gasteiger charge is 2.23. The fourth-order valence-electron chi connectivity index (χ4n) is 10.5. The van der Waals surface area contributed by atoms with Gasteiger partial charge < -0.3 is 28.8 Å². The first kappa shape index (κ1) is 76.7. The highest BCUT2D eigenvalue weighted by atomic mass is 31.2. The monoisotopic (exact) mass is 1120 g/mol. The molecule has 0 radical (unpaired) electrons. The molecule has 0 rings (SSSR count). The van der Waals surface area contributed by atoms with Crippen LogP contribution in [0.4, 0.5) is 0 Å². The number of likely N-dealkylation sites (N-methyl/N-ethyl adjacent to an activating group) is 1. The third-order valence-electron chi connectivity index (χ3n) is 15.8. The first-order valence-corrected chi connectivity index (χ1v) is 35.8. The maximum absolute atomic E-state index is 13.0. The lowest BCUT2D eigenvalue weighted by atomic mass is 10.0. The van der Waals surface area contributed by atoms with Gasteiger partial charge >= 0.3 is 0 Å². The van der Waals surface area contributed by atoms with Crippen LogP contribution < -0.4 is 10.2 Å². The van der Waals surface area contributed by atoms with E-state index in [0.717, 1.165) is 44.9 Å². The van der Waals surface area contributed by atoms with Gasteiger partial charge in [-0.3, -0.25) is 9.36 Å². The molecule has 0 aliphatic rings. The summed E-state index contributed by atoms with van der Waals surface area (Å²) >= 11 is 0. The summed E-state index contributed by atoms with van der Waals surface area (Å²) < 4.78 is 23.4. The number of allylic oxidation sites excluding steroid dienone is 5. The first-order valence-electron chi connectivity index (χ1n) is 34.4. The van der Waals surface area contributed by atoms with E-state index in [2.05, 4.69) is 43.5 Å². The molecule has 0 aromatic rings. The molecule has 0 aromatic carbocycles. The number of carbonyl (C=O) groups is 1. The lowest BCUT2D eigenvalue weighted by Crippen LogP contribution is -2.45. The van der Waals surface area contributed by atoms with Crippen LogP contribution in [0.15, 0.2) is 36.5 Å². The molecule has 0 aliphatic heterocycles. The molecule has 8 nitrogen and oxygen atoms in total. The second-order valence-corrected chi connectivity index (χ2v) is 26.3. The van der Waals surface area contributed by atoms with Gasteiger partial charge in [-0.2, -0.15) is 0 Å². The normalized spacial score (nSPS) is 13.9. The van der Waals surface area contributed by atoms with Crippen LogP contribution in [0.5, 0.6) is 0 Å². The van der Waals surface area contributed by atoms with Crippen LogP contribution in [0.1, 0.15) is 348 Å². The first-order chi connectivity index (χ1) is 38.0. The van der Waals surface area contributed by atoms with E-state index in [1.165, 1.54) is 283 Å². The standard InChI is InChI=1S/C69H135N2O6P/c1-6-8-10-12-14-16-18-20-22-24-26-28-29-30-31-32-33-34-35-36-37-38-39-40-41-43-45-47-49-51-53-55-57-59-61-63-69(73)70-67(66-77-78(74,75)76-65-64-71(3,4)5)68(72)62-60-58-56-54-52-50-48-46-44-42-27-25-23-21-19-17-15-13-11-9-7-2/h44,46,52,54,60,62,67-68,72H,6-43,45,47-51,53,55-59,61,63-66H2,1-5H3,(H-,70,73,74,75)/b46-44+,54-52+,62-60+. The van der Waals surface area contributed by atoms with Crippen molar-refractivity contribution in [2.75, 3.05) is 40.9 Å². The van der Waals surface area contributed by atoms with Crippen molar-refractivity contribution in [1.29, 1.82) is 0 Å². The highest BCUT2D eigenvalue weighted by Crippen LogP contribution is 2.38.